The predicted octanol–water partition coefficient (Wildman–Crippen LogP) is 4.35. The van der Waals surface area contributed by atoms with Gasteiger partial charge in [-0.3, -0.25) is 0 Å². The summed E-state index contributed by atoms with van der Waals surface area (Å²) in [6, 6.07) is 4.43. The Hall–Kier alpha value is -1.35. The minimum absolute atomic E-state index is 0.283. The molecule has 0 amide bonds. The molecule has 0 saturated heterocycles. The molecule has 1 N–H and O–H groups in total. The number of hydrogen-bond acceptors (Lipinski definition) is 2. The third-order valence-corrected chi connectivity index (χ3v) is 3.56. The fourth-order valence-electron chi connectivity index (χ4n) is 2.18. The van der Waals surface area contributed by atoms with E-state index in [1.54, 1.807) is 6.07 Å². The summed E-state index contributed by atoms with van der Waals surface area (Å²) in [5, 5.41) is 10.9. The maximum atomic E-state index is 13.2. The molecular weight excluding hydrogens is 231 g/mol. The van der Waals surface area contributed by atoms with E-state index in [1.165, 1.54) is 12.1 Å². The van der Waals surface area contributed by atoms with Crippen LogP contribution in [0, 0.1) is 18.7 Å². The molecule has 2 aromatic rings. The molecule has 0 spiro atoms. The van der Waals surface area contributed by atoms with Gasteiger partial charge in [0.15, 0.2) is 0 Å². The van der Waals surface area contributed by atoms with Crippen LogP contribution in [0.25, 0.3) is 11.0 Å². The lowest BCUT2D eigenvalue weighted by Crippen LogP contribution is -2.03. The van der Waals surface area contributed by atoms with Crippen molar-refractivity contribution in [2.45, 2.75) is 39.7 Å². The van der Waals surface area contributed by atoms with Crippen LogP contribution in [0.2, 0.25) is 0 Å². The van der Waals surface area contributed by atoms with Gasteiger partial charge in [-0.2, -0.15) is 0 Å². The molecule has 2 nitrogen and oxygen atoms in total. The fraction of sp³-hybridized carbons (Fsp3) is 0.467. The Morgan fingerprint density at radius 1 is 1.39 bits per heavy atom. The molecule has 1 heterocycles. The Balaban J connectivity index is 2.36. The average Bonchev–Trinajstić information content (AvgIpc) is 2.66. The molecule has 2 unspecified atom stereocenters. The second-order valence-corrected chi connectivity index (χ2v) is 5.00. The number of halogens is 1. The lowest BCUT2D eigenvalue weighted by molar-refractivity contribution is 0.123. The molecule has 18 heavy (non-hydrogen) atoms. The SMILES string of the molecule is CCC(C)CC(O)c1oc2ccc(F)cc2c1C. The van der Waals surface area contributed by atoms with Gasteiger partial charge in [0, 0.05) is 10.9 Å². The molecule has 0 aliphatic rings. The summed E-state index contributed by atoms with van der Waals surface area (Å²) in [7, 11) is 0. The number of hydrogen-bond donors (Lipinski definition) is 1. The number of aliphatic hydroxyl groups excluding tert-OH is 1. The highest BCUT2D eigenvalue weighted by Crippen LogP contribution is 2.33. The minimum atomic E-state index is -0.615. The second kappa shape index (κ2) is 5.11. The van der Waals surface area contributed by atoms with Gasteiger partial charge in [-0.05, 0) is 37.5 Å². The van der Waals surface area contributed by atoms with Crippen LogP contribution < -0.4 is 0 Å². The van der Waals surface area contributed by atoms with E-state index in [0.717, 1.165) is 17.4 Å². The van der Waals surface area contributed by atoms with E-state index in [-0.39, 0.29) is 5.82 Å². The highest BCUT2D eigenvalue weighted by molar-refractivity contribution is 5.82. The van der Waals surface area contributed by atoms with Crippen molar-refractivity contribution in [3.8, 4) is 0 Å². The van der Waals surface area contributed by atoms with Gasteiger partial charge < -0.3 is 9.52 Å². The van der Waals surface area contributed by atoms with E-state index in [1.807, 2.05) is 6.92 Å². The van der Waals surface area contributed by atoms with Gasteiger partial charge in [-0.1, -0.05) is 20.3 Å². The number of aliphatic hydroxyl groups is 1. The molecule has 0 bridgehead atoms. The molecule has 3 heteroatoms. The normalized spacial score (nSPS) is 14.9. The molecule has 2 rings (SSSR count). The van der Waals surface area contributed by atoms with E-state index in [0.29, 0.717) is 23.7 Å². The Morgan fingerprint density at radius 3 is 2.78 bits per heavy atom. The first-order valence-corrected chi connectivity index (χ1v) is 6.39. The smallest absolute Gasteiger partial charge is 0.136 e. The van der Waals surface area contributed by atoms with Crippen LogP contribution in [0.15, 0.2) is 22.6 Å². The highest BCUT2D eigenvalue weighted by atomic mass is 19.1. The van der Waals surface area contributed by atoms with Crippen molar-refractivity contribution in [3.05, 3.63) is 35.3 Å². The molecule has 0 aliphatic heterocycles. The maximum absolute atomic E-state index is 13.2. The number of benzene rings is 1. The fourth-order valence-corrected chi connectivity index (χ4v) is 2.18. The van der Waals surface area contributed by atoms with Crippen LogP contribution >= 0.6 is 0 Å². The third kappa shape index (κ3) is 2.41. The molecule has 1 aromatic heterocycles. The van der Waals surface area contributed by atoms with Crippen molar-refractivity contribution in [2.24, 2.45) is 5.92 Å². The van der Waals surface area contributed by atoms with Gasteiger partial charge in [0.1, 0.15) is 23.3 Å². The van der Waals surface area contributed by atoms with E-state index in [4.69, 9.17) is 4.42 Å². The molecule has 0 saturated carbocycles. The summed E-state index contributed by atoms with van der Waals surface area (Å²) in [5.74, 6) is 0.717. The van der Waals surface area contributed by atoms with Crippen molar-refractivity contribution in [3.63, 3.8) is 0 Å². The summed E-state index contributed by atoms with van der Waals surface area (Å²) in [6.07, 6.45) is 1.07. The largest absolute Gasteiger partial charge is 0.458 e. The Bertz CT molecular complexity index is 545. The van der Waals surface area contributed by atoms with Gasteiger partial charge in [-0.25, -0.2) is 4.39 Å². The van der Waals surface area contributed by atoms with E-state index >= 15 is 0 Å². The summed E-state index contributed by atoms with van der Waals surface area (Å²) >= 11 is 0. The topological polar surface area (TPSA) is 33.4 Å². The van der Waals surface area contributed by atoms with Crippen molar-refractivity contribution in [2.75, 3.05) is 0 Å². The van der Waals surface area contributed by atoms with Gasteiger partial charge in [-0.15, -0.1) is 0 Å². The van der Waals surface area contributed by atoms with Crippen LogP contribution in [-0.2, 0) is 0 Å². The number of aryl methyl sites for hydroxylation is 1. The van der Waals surface area contributed by atoms with Crippen molar-refractivity contribution in [1.82, 2.24) is 0 Å². The molecule has 2 atom stereocenters. The number of fused-ring (bicyclic) bond motifs is 1. The highest BCUT2D eigenvalue weighted by Gasteiger charge is 2.20. The van der Waals surface area contributed by atoms with Crippen LogP contribution in [0.3, 0.4) is 0 Å². The number of rotatable bonds is 4. The van der Waals surface area contributed by atoms with E-state index < -0.39 is 6.10 Å². The molecule has 0 aliphatic carbocycles. The zero-order valence-electron chi connectivity index (χ0n) is 11.0. The van der Waals surface area contributed by atoms with Gasteiger partial charge in [0.05, 0.1) is 0 Å². The van der Waals surface area contributed by atoms with Crippen LogP contribution in [-0.4, -0.2) is 5.11 Å². The first-order chi connectivity index (χ1) is 8.52. The molecule has 1 aromatic carbocycles. The summed E-state index contributed by atoms with van der Waals surface area (Å²) in [6.45, 7) is 6.06. The predicted molar refractivity (Wildman–Crippen MR) is 69.9 cm³/mol. The lowest BCUT2D eigenvalue weighted by atomic mass is 9.98. The molecular formula is C15H19FO2. The average molecular weight is 250 g/mol. The minimum Gasteiger partial charge on any atom is -0.458 e. The second-order valence-electron chi connectivity index (χ2n) is 5.00. The van der Waals surface area contributed by atoms with Crippen LogP contribution in [0.1, 0.15) is 44.1 Å². The molecule has 0 fully saturated rings. The summed E-state index contributed by atoms with van der Waals surface area (Å²) in [4.78, 5) is 0. The molecule has 98 valence electrons. The van der Waals surface area contributed by atoms with Gasteiger partial charge in [0.25, 0.3) is 0 Å². The van der Waals surface area contributed by atoms with Gasteiger partial charge in [0.2, 0.25) is 0 Å². The Morgan fingerprint density at radius 2 is 2.11 bits per heavy atom. The molecule has 0 radical (unpaired) electrons. The van der Waals surface area contributed by atoms with Crippen molar-refractivity contribution < 1.29 is 13.9 Å². The van der Waals surface area contributed by atoms with E-state index in [2.05, 4.69) is 13.8 Å². The number of furan rings is 1. The Labute approximate surface area is 106 Å². The van der Waals surface area contributed by atoms with Crippen LogP contribution in [0.5, 0.6) is 0 Å². The van der Waals surface area contributed by atoms with Gasteiger partial charge >= 0.3 is 0 Å². The first kappa shape index (κ1) is 13.1. The quantitative estimate of drug-likeness (QED) is 0.875. The monoisotopic (exact) mass is 250 g/mol. The summed E-state index contributed by atoms with van der Waals surface area (Å²) < 4.78 is 18.8. The third-order valence-electron chi connectivity index (χ3n) is 3.56. The lowest BCUT2D eigenvalue weighted by Gasteiger charge is -2.13. The maximum Gasteiger partial charge on any atom is 0.136 e. The summed E-state index contributed by atoms with van der Waals surface area (Å²) in [5.41, 5.74) is 1.47. The zero-order valence-corrected chi connectivity index (χ0v) is 11.0. The Kier molecular flexibility index (Phi) is 3.71. The van der Waals surface area contributed by atoms with Crippen LogP contribution in [0.4, 0.5) is 4.39 Å². The standard InChI is InChI=1S/C15H19FO2/c1-4-9(2)7-13(17)15-10(3)12-8-11(16)5-6-14(12)18-15/h5-6,8-9,13,17H,4,7H2,1-3H3. The van der Waals surface area contributed by atoms with Crippen molar-refractivity contribution >= 4 is 11.0 Å². The first-order valence-electron chi connectivity index (χ1n) is 6.39. The van der Waals surface area contributed by atoms with Crippen molar-refractivity contribution in [1.29, 1.82) is 0 Å². The zero-order chi connectivity index (χ0) is 13.3. The van der Waals surface area contributed by atoms with E-state index in [9.17, 15) is 9.50 Å².